The van der Waals surface area contributed by atoms with Gasteiger partial charge in [0.15, 0.2) is 5.94 Å². The Balaban J connectivity index is 2.96. The quantitative estimate of drug-likeness (QED) is 0.432. The lowest BCUT2D eigenvalue weighted by Gasteiger charge is -2.04. The predicted octanol–water partition coefficient (Wildman–Crippen LogP) is -0.339. The van der Waals surface area contributed by atoms with E-state index in [9.17, 15) is 4.79 Å². The summed E-state index contributed by atoms with van der Waals surface area (Å²) in [5, 5.41) is 2.64. The number of carbonyl (C=O) groups excluding carboxylic acids is 1. The highest BCUT2D eigenvalue weighted by Crippen LogP contribution is 1.99. The van der Waals surface area contributed by atoms with Crippen LogP contribution in [0.4, 0.5) is 0 Å². The molecule has 0 spiro atoms. The molecule has 0 saturated heterocycles. The third kappa shape index (κ3) is 1.01. The van der Waals surface area contributed by atoms with Gasteiger partial charge < -0.3 is 11.1 Å². The van der Waals surface area contributed by atoms with Crippen molar-refractivity contribution in [1.82, 2.24) is 5.32 Å². The lowest BCUT2D eigenvalue weighted by molar-refractivity contribution is 0.566. The van der Waals surface area contributed by atoms with E-state index >= 15 is 0 Å². The number of hydrogen-bond donors (Lipinski definition) is 2. The monoisotopic (exact) mass is 122 g/mol. The topological polar surface area (TPSA) is 55.1 Å². The van der Waals surface area contributed by atoms with Crippen molar-refractivity contribution in [2.24, 2.45) is 5.73 Å². The highest BCUT2D eigenvalue weighted by molar-refractivity contribution is 5.60. The summed E-state index contributed by atoms with van der Waals surface area (Å²) in [5.41, 5.74) is 6.06. The van der Waals surface area contributed by atoms with Crippen LogP contribution in [0, 0.1) is 0 Å². The molecule has 0 radical (unpaired) electrons. The maximum atomic E-state index is 9.99. The molecule has 0 atom stereocenters. The van der Waals surface area contributed by atoms with Crippen molar-refractivity contribution in [1.29, 1.82) is 0 Å². The normalized spacial score (nSPS) is 16.0. The molecular formula is C6H6N2O. The van der Waals surface area contributed by atoms with Gasteiger partial charge in [-0.25, -0.2) is 4.79 Å². The van der Waals surface area contributed by atoms with Crippen molar-refractivity contribution >= 4 is 5.94 Å². The predicted molar refractivity (Wildman–Crippen MR) is 33.8 cm³/mol. The molecule has 3 N–H and O–H groups in total. The second-order valence-electron chi connectivity index (χ2n) is 1.60. The van der Waals surface area contributed by atoms with Crippen LogP contribution < -0.4 is 11.1 Å². The number of nitrogens with one attached hydrogen (secondary N) is 1. The Hall–Kier alpha value is -1.47. The zero-order valence-corrected chi connectivity index (χ0v) is 4.72. The standard InChI is InChI=1S/C6H6N2O/c7-5-2-1-3-8-6(5)4-9/h1-3,8H,7H2. The third-order valence-electron chi connectivity index (χ3n) is 0.990. The second kappa shape index (κ2) is 2.20. The van der Waals surface area contributed by atoms with Crippen LogP contribution in [0.5, 0.6) is 0 Å². The molecule has 0 aliphatic carbocycles. The van der Waals surface area contributed by atoms with Crippen LogP contribution in [-0.4, -0.2) is 5.94 Å². The fourth-order valence-electron chi connectivity index (χ4n) is 0.538. The molecule has 1 aliphatic rings. The molecule has 46 valence electrons. The molecule has 0 bridgehead atoms. The summed E-state index contributed by atoms with van der Waals surface area (Å²) in [4.78, 5) is 9.99. The summed E-state index contributed by atoms with van der Waals surface area (Å²) < 4.78 is 0. The zero-order chi connectivity index (χ0) is 6.69. The number of dihydropyridines is 1. The Kier molecular flexibility index (Phi) is 1.38. The minimum absolute atomic E-state index is 0.303. The first-order valence-electron chi connectivity index (χ1n) is 2.49. The molecule has 0 aromatic carbocycles. The van der Waals surface area contributed by atoms with Gasteiger partial charge in [-0.1, -0.05) is 0 Å². The lowest BCUT2D eigenvalue weighted by Crippen LogP contribution is -2.16. The summed E-state index contributed by atoms with van der Waals surface area (Å²) >= 11 is 0. The molecule has 0 saturated carbocycles. The van der Waals surface area contributed by atoms with Gasteiger partial charge in [0, 0.05) is 6.20 Å². The van der Waals surface area contributed by atoms with Crippen molar-refractivity contribution in [3.63, 3.8) is 0 Å². The molecular weight excluding hydrogens is 116 g/mol. The van der Waals surface area contributed by atoms with Gasteiger partial charge >= 0.3 is 0 Å². The van der Waals surface area contributed by atoms with Crippen LogP contribution in [0.25, 0.3) is 0 Å². The van der Waals surface area contributed by atoms with Gasteiger partial charge in [0.2, 0.25) is 0 Å². The van der Waals surface area contributed by atoms with E-state index in [1.165, 1.54) is 0 Å². The fraction of sp³-hybridized carbons (Fsp3) is 0. The number of hydrogen-bond acceptors (Lipinski definition) is 3. The molecule has 0 fully saturated rings. The molecule has 3 heteroatoms. The Labute approximate surface area is 52.5 Å². The Morgan fingerprint density at radius 3 is 2.89 bits per heavy atom. The average Bonchev–Trinajstić information content (AvgIpc) is 1.89. The van der Waals surface area contributed by atoms with Crippen molar-refractivity contribution < 1.29 is 4.79 Å². The molecule has 1 rings (SSSR count). The van der Waals surface area contributed by atoms with Crippen LogP contribution >= 0.6 is 0 Å². The van der Waals surface area contributed by atoms with Crippen molar-refractivity contribution in [2.75, 3.05) is 0 Å². The average molecular weight is 122 g/mol. The fourth-order valence-corrected chi connectivity index (χ4v) is 0.538. The Morgan fingerprint density at radius 2 is 2.44 bits per heavy atom. The van der Waals surface area contributed by atoms with E-state index in [4.69, 9.17) is 5.73 Å². The molecule has 9 heavy (non-hydrogen) atoms. The van der Waals surface area contributed by atoms with E-state index in [2.05, 4.69) is 5.32 Å². The van der Waals surface area contributed by atoms with Crippen LogP contribution in [0.1, 0.15) is 0 Å². The van der Waals surface area contributed by atoms with Gasteiger partial charge in [-0.05, 0) is 12.2 Å². The number of rotatable bonds is 0. The first-order chi connectivity index (χ1) is 4.34. The van der Waals surface area contributed by atoms with Crippen LogP contribution in [0.15, 0.2) is 29.7 Å². The lowest BCUT2D eigenvalue weighted by atomic mass is 10.3. The number of allylic oxidation sites excluding steroid dienone is 2. The summed E-state index contributed by atoms with van der Waals surface area (Å²) in [6.07, 6.45) is 4.98. The van der Waals surface area contributed by atoms with Crippen LogP contribution in [-0.2, 0) is 4.79 Å². The van der Waals surface area contributed by atoms with Gasteiger partial charge in [0.1, 0.15) is 5.70 Å². The SMILES string of the molecule is NC1=CC=CNC1=C=O. The molecule has 1 aliphatic heterocycles. The van der Waals surface area contributed by atoms with Crippen LogP contribution in [0.2, 0.25) is 0 Å². The van der Waals surface area contributed by atoms with Crippen molar-refractivity contribution in [3.05, 3.63) is 29.7 Å². The van der Waals surface area contributed by atoms with Gasteiger partial charge in [-0.2, -0.15) is 0 Å². The molecule has 1 heterocycles. The maximum absolute atomic E-state index is 9.99. The van der Waals surface area contributed by atoms with E-state index in [-0.39, 0.29) is 0 Å². The molecule has 0 unspecified atom stereocenters. The smallest absolute Gasteiger partial charge is 0.152 e. The molecule has 0 aromatic rings. The molecule has 0 amide bonds. The van der Waals surface area contributed by atoms with E-state index in [0.717, 1.165) is 0 Å². The minimum atomic E-state index is 0.303. The molecule has 0 aromatic heterocycles. The third-order valence-corrected chi connectivity index (χ3v) is 0.990. The number of nitrogens with two attached hydrogens (primary N) is 1. The van der Waals surface area contributed by atoms with E-state index < -0.39 is 0 Å². The largest absolute Gasteiger partial charge is 0.396 e. The van der Waals surface area contributed by atoms with Crippen LogP contribution in [0.3, 0.4) is 0 Å². The van der Waals surface area contributed by atoms with Crippen molar-refractivity contribution in [3.8, 4) is 0 Å². The summed E-state index contributed by atoms with van der Waals surface area (Å²) in [5.74, 6) is 1.66. The summed E-state index contributed by atoms with van der Waals surface area (Å²) in [7, 11) is 0. The van der Waals surface area contributed by atoms with Gasteiger partial charge in [-0.3, -0.25) is 0 Å². The Morgan fingerprint density at radius 1 is 1.67 bits per heavy atom. The van der Waals surface area contributed by atoms with Gasteiger partial charge in [0.25, 0.3) is 0 Å². The minimum Gasteiger partial charge on any atom is -0.396 e. The van der Waals surface area contributed by atoms with Crippen molar-refractivity contribution in [2.45, 2.75) is 0 Å². The Bertz CT molecular complexity index is 221. The maximum Gasteiger partial charge on any atom is 0.152 e. The van der Waals surface area contributed by atoms with E-state index in [1.54, 1.807) is 24.3 Å². The first kappa shape index (κ1) is 5.66. The summed E-state index contributed by atoms with van der Waals surface area (Å²) in [6.45, 7) is 0. The highest BCUT2D eigenvalue weighted by atomic mass is 16.1. The van der Waals surface area contributed by atoms with E-state index in [1.807, 2.05) is 0 Å². The summed E-state index contributed by atoms with van der Waals surface area (Å²) in [6, 6.07) is 0. The van der Waals surface area contributed by atoms with Gasteiger partial charge in [0.05, 0.1) is 5.70 Å². The zero-order valence-electron chi connectivity index (χ0n) is 4.72. The highest BCUT2D eigenvalue weighted by Gasteiger charge is 2.00. The first-order valence-corrected chi connectivity index (χ1v) is 2.49. The van der Waals surface area contributed by atoms with Gasteiger partial charge in [-0.15, -0.1) is 0 Å². The molecule has 3 nitrogen and oxygen atoms in total. The van der Waals surface area contributed by atoms with E-state index in [0.29, 0.717) is 11.4 Å². The second-order valence-corrected chi connectivity index (χ2v) is 1.60.